The van der Waals surface area contributed by atoms with E-state index in [1.54, 1.807) is 6.07 Å². The molecule has 1 aromatic heterocycles. The minimum atomic E-state index is -0.203. The molecule has 1 atom stereocenters. The first-order chi connectivity index (χ1) is 10.7. The Morgan fingerprint density at radius 1 is 1.26 bits per heavy atom. The van der Waals surface area contributed by atoms with E-state index in [9.17, 15) is 4.79 Å². The average Bonchev–Trinajstić information content (AvgIpc) is 3.03. The minimum Gasteiger partial charge on any atom is -0.486 e. The molecule has 0 spiro atoms. The first kappa shape index (κ1) is 17.2. The summed E-state index contributed by atoms with van der Waals surface area (Å²) in [6.45, 7) is 3.27. The van der Waals surface area contributed by atoms with Crippen molar-refractivity contribution in [2.45, 2.75) is 19.5 Å². The number of fused-ring (bicyclic) bond motifs is 1. The monoisotopic (exact) mass is 338 g/mol. The second kappa shape index (κ2) is 7.39. The molecule has 0 fully saturated rings. The number of ether oxygens (including phenoxy) is 2. The van der Waals surface area contributed by atoms with Crippen molar-refractivity contribution < 1.29 is 18.7 Å². The van der Waals surface area contributed by atoms with Crippen LogP contribution in [0.25, 0.3) is 0 Å². The number of amides is 1. The smallest absolute Gasteiger partial charge is 0.255 e. The number of halogens is 1. The summed E-state index contributed by atoms with van der Waals surface area (Å²) < 4.78 is 16.2. The summed E-state index contributed by atoms with van der Waals surface area (Å²) in [5, 5.41) is 2.92. The molecule has 0 aliphatic carbocycles. The lowest BCUT2D eigenvalue weighted by atomic mass is 10.1. The molecule has 1 aliphatic heterocycles. The Hall–Kier alpha value is -2.18. The standard InChI is InChI=1S/C16H18N2O4.ClH/c1-10(18-16(19)12-6-13(8-17)22-9-12)11-2-3-14-15(7-11)21-5-4-20-14;/h2-3,6-7,9-10H,4-5,8,17H2,1H3,(H,18,19);1H. The zero-order valence-electron chi connectivity index (χ0n) is 12.7. The number of hydrogen-bond acceptors (Lipinski definition) is 5. The van der Waals surface area contributed by atoms with Crippen LogP contribution in [0.1, 0.15) is 34.6 Å². The predicted octanol–water partition coefficient (Wildman–Crippen LogP) is 2.42. The maximum Gasteiger partial charge on any atom is 0.255 e. The third-order valence-corrected chi connectivity index (χ3v) is 3.53. The van der Waals surface area contributed by atoms with Crippen LogP contribution in [0.3, 0.4) is 0 Å². The Kier molecular flexibility index (Phi) is 5.52. The van der Waals surface area contributed by atoms with E-state index in [1.165, 1.54) is 6.26 Å². The number of nitrogens with two attached hydrogens (primary N) is 1. The van der Waals surface area contributed by atoms with Gasteiger partial charge in [-0.15, -0.1) is 12.4 Å². The third kappa shape index (κ3) is 3.78. The van der Waals surface area contributed by atoms with Gasteiger partial charge in [0.1, 0.15) is 25.2 Å². The molecule has 1 aliphatic rings. The fraction of sp³-hybridized carbons (Fsp3) is 0.312. The first-order valence-electron chi connectivity index (χ1n) is 7.15. The summed E-state index contributed by atoms with van der Waals surface area (Å²) in [6, 6.07) is 7.14. The van der Waals surface area contributed by atoms with Crippen molar-refractivity contribution >= 4 is 18.3 Å². The second-order valence-corrected chi connectivity index (χ2v) is 5.10. The number of benzene rings is 1. The number of nitrogens with one attached hydrogen (secondary N) is 1. The molecule has 3 rings (SSSR count). The van der Waals surface area contributed by atoms with Crippen molar-refractivity contribution in [3.05, 3.63) is 47.4 Å². The Morgan fingerprint density at radius 2 is 2.00 bits per heavy atom. The lowest BCUT2D eigenvalue weighted by molar-refractivity contribution is 0.0939. The maximum absolute atomic E-state index is 12.2. The van der Waals surface area contributed by atoms with Gasteiger partial charge in [0, 0.05) is 0 Å². The highest BCUT2D eigenvalue weighted by Crippen LogP contribution is 2.32. The van der Waals surface area contributed by atoms with Gasteiger partial charge in [-0.2, -0.15) is 0 Å². The quantitative estimate of drug-likeness (QED) is 0.894. The van der Waals surface area contributed by atoms with E-state index in [-0.39, 0.29) is 30.9 Å². The summed E-state index contributed by atoms with van der Waals surface area (Å²) in [5.41, 5.74) is 6.88. The van der Waals surface area contributed by atoms with Crippen LogP contribution in [0.4, 0.5) is 0 Å². The first-order valence-corrected chi connectivity index (χ1v) is 7.15. The van der Waals surface area contributed by atoms with E-state index in [1.807, 2.05) is 25.1 Å². The Labute approximate surface area is 140 Å². The van der Waals surface area contributed by atoms with Crippen LogP contribution in [0.2, 0.25) is 0 Å². The summed E-state index contributed by atoms with van der Waals surface area (Å²) in [5.74, 6) is 1.82. The molecule has 1 amide bonds. The van der Waals surface area contributed by atoms with Crippen molar-refractivity contribution in [3.63, 3.8) is 0 Å². The van der Waals surface area contributed by atoms with Crippen molar-refractivity contribution in [1.29, 1.82) is 0 Å². The van der Waals surface area contributed by atoms with Crippen LogP contribution >= 0.6 is 12.4 Å². The van der Waals surface area contributed by atoms with Crippen molar-refractivity contribution in [2.24, 2.45) is 5.73 Å². The number of carbonyl (C=O) groups excluding carboxylic acids is 1. The molecule has 0 saturated heterocycles. The molecule has 0 saturated carbocycles. The van der Waals surface area contributed by atoms with Gasteiger partial charge in [0.25, 0.3) is 5.91 Å². The van der Waals surface area contributed by atoms with E-state index in [4.69, 9.17) is 19.6 Å². The largest absolute Gasteiger partial charge is 0.486 e. The van der Waals surface area contributed by atoms with Crippen molar-refractivity contribution in [3.8, 4) is 11.5 Å². The lowest BCUT2D eigenvalue weighted by Crippen LogP contribution is -2.26. The predicted molar refractivity (Wildman–Crippen MR) is 87.2 cm³/mol. The highest BCUT2D eigenvalue weighted by atomic mass is 35.5. The summed E-state index contributed by atoms with van der Waals surface area (Å²) in [7, 11) is 0. The molecule has 0 radical (unpaired) electrons. The topological polar surface area (TPSA) is 86.7 Å². The molecule has 124 valence electrons. The molecule has 6 nitrogen and oxygen atoms in total. The number of hydrogen-bond donors (Lipinski definition) is 2. The van der Waals surface area contributed by atoms with Crippen LogP contribution < -0.4 is 20.5 Å². The van der Waals surface area contributed by atoms with Gasteiger partial charge in [-0.05, 0) is 30.7 Å². The van der Waals surface area contributed by atoms with Gasteiger partial charge in [0.05, 0.1) is 18.2 Å². The number of furan rings is 1. The van der Waals surface area contributed by atoms with E-state index < -0.39 is 0 Å². The van der Waals surface area contributed by atoms with Crippen molar-refractivity contribution in [1.82, 2.24) is 5.32 Å². The van der Waals surface area contributed by atoms with Gasteiger partial charge in [0.15, 0.2) is 11.5 Å². The Morgan fingerprint density at radius 3 is 2.70 bits per heavy atom. The lowest BCUT2D eigenvalue weighted by Gasteiger charge is -2.21. The van der Waals surface area contributed by atoms with Crippen LogP contribution in [0.5, 0.6) is 11.5 Å². The third-order valence-electron chi connectivity index (χ3n) is 3.53. The van der Waals surface area contributed by atoms with Crippen LogP contribution in [0.15, 0.2) is 34.9 Å². The molecule has 1 unspecified atom stereocenters. The summed E-state index contributed by atoms with van der Waals surface area (Å²) in [4.78, 5) is 12.2. The number of carbonyl (C=O) groups is 1. The normalized spacial score (nSPS) is 13.8. The Bertz CT molecular complexity index is 686. The molecule has 2 heterocycles. The minimum absolute atomic E-state index is 0. The summed E-state index contributed by atoms with van der Waals surface area (Å²) in [6.07, 6.45) is 1.41. The van der Waals surface area contributed by atoms with E-state index in [2.05, 4.69) is 5.32 Å². The van der Waals surface area contributed by atoms with Gasteiger partial charge in [-0.3, -0.25) is 4.79 Å². The van der Waals surface area contributed by atoms with Gasteiger partial charge in [-0.25, -0.2) is 0 Å². The van der Waals surface area contributed by atoms with Gasteiger partial charge in [0.2, 0.25) is 0 Å². The van der Waals surface area contributed by atoms with Crippen molar-refractivity contribution in [2.75, 3.05) is 13.2 Å². The zero-order valence-corrected chi connectivity index (χ0v) is 13.5. The molecule has 3 N–H and O–H groups in total. The van der Waals surface area contributed by atoms with E-state index in [0.717, 1.165) is 11.3 Å². The van der Waals surface area contributed by atoms with Crippen LogP contribution in [0, 0.1) is 0 Å². The number of rotatable bonds is 4. The van der Waals surface area contributed by atoms with Gasteiger partial charge < -0.3 is 24.9 Å². The Balaban J connectivity index is 0.00000192. The van der Waals surface area contributed by atoms with Gasteiger partial charge >= 0.3 is 0 Å². The SMILES string of the molecule is CC(NC(=O)c1coc(CN)c1)c1ccc2c(c1)OCCO2.Cl. The fourth-order valence-electron chi connectivity index (χ4n) is 2.30. The molecular weight excluding hydrogens is 320 g/mol. The van der Waals surface area contributed by atoms with Crippen LogP contribution in [-0.2, 0) is 6.54 Å². The highest BCUT2D eigenvalue weighted by molar-refractivity contribution is 5.94. The van der Waals surface area contributed by atoms with Crippen LogP contribution in [-0.4, -0.2) is 19.1 Å². The fourth-order valence-corrected chi connectivity index (χ4v) is 2.30. The average molecular weight is 339 g/mol. The molecule has 1 aromatic carbocycles. The van der Waals surface area contributed by atoms with E-state index in [0.29, 0.717) is 30.3 Å². The zero-order chi connectivity index (χ0) is 15.5. The second-order valence-electron chi connectivity index (χ2n) is 5.10. The maximum atomic E-state index is 12.2. The molecule has 23 heavy (non-hydrogen) atoms. The molecule has 2 aromatic rings. The highest BCUT2D eigenvalue weighted by Gasteiger charge is 2.17. The van der Waals surface area contributed by atoms with E-state index >= 15 is 0 Å². The summed E-state index contributed by atoms with van der Waals surface area (Å²) >= 11 is 0. The molecule has 0 bridgehead atoms. The van der Waals surface area contributed by atoms with Gasteiger partial charge in [-0.1, -0.05) is 6.07 Å². The molecular formula is C16H19ClN2O4. The molecule has 7 heteroatoms.